The number of hydrogen-bond donors (Lipinski definition) is 1. The number of anilines is 1. The van der Waals surface area contributed by atoms with Gasteiger partial charge in [0.05, 0.1) is 16.3 Å². The van der Waals surface area contributed by atoms with Gasteiger partial charge in [-0.1, -0.05) is 23.7 Å². The van der Waals surface area contributed by atoms with Crippen LogP contribution in [0, 0.1) is 5.82 Å². The van der Waals surface area contributed by atoms with Gasteiger partial charge in [-0.25, -0.2) is 4.39 Å². The highest BCUT2D eigenvalue weighted by atomic mass is 35.5. The average Bonchev–Trinajstić information content (AvgIpc) is 3.06. The first-order chi connectivity index (χ1) is 12.3. The molecule has 0 aliphatic carbocycles. The van der Waals surface area contributed by atoms with Crippen LogP contribution in [-0.2, 0) is 6.18 Å². The fourth-order valence-corrected chi connectivity index (χ4v) is 2.48. The maximum absolute atomic E-state index is 13.6. The fraction of sp³-hybridized carbons (Fsp3) is 0.0556. The molecule has 0 aliphatic rings. The Balaban J connectivity index is 1.86. The summed E-state index contributed by atoms with van der Waals surface area (Å²) in [6, 6.07) is 11.5. The van der Waals surface area contributed by atoms with Crippen LogP contribution in [0.1, 0.15) is 16.1 Å². The predicted octanol–water partition coefficient (Wildman–Crippen LogP) is 6.01. The summed E-state index contributed by atoms with van der Waals surface area (Å²) in [5.74, 6) is -1.48. The molecule has 1 amide bonds. The average molecular weight is 384 g/mol. The van der Waals surface area contributed by atoms with Crippen molar-refractivity contribution in [3.05, 3.63) is 76.8 Å². The second-order valence-electron chi connectivity index (χ2n) is 5.29. The third-order valence-electron chi connectivity index (χ3n) is 3.51. The van der Waals surface area contributed by atoms with Crippen molar-refractivity contribution in [3.63, 3.8) is 0 Å². The molecule has 0 fully saturated rings. The summed E-state index contributed by atoms with van der Waals surface area (Å²) in [7, 11) is 0. The number of rotatable bonds is 3. The highest BCUT2D eigenvalue weighted by Gasteiger charge is 2.33. The van der Waals surface area contributed by atoms with Crippen LogP contribution in [0.25, 0.3) is 11.3 Å². The molecule has 8 heteroatoms. The first-order valence-corrected chi connectivity index (χ1v) is 7.66. The van der Waals surface area contributed by atoms with Crippen LogP contribution >= 0.6 is 11.6 Å². The lowest BCUT2D eigenvalue weighted by molar-refractivity contribution is -0.137. The van der Waals surface area contributed by atoms with E-state index in [2.05, 4.69) is 5.32 Å². The van der Waals surface area contributed by atoms with Crippen molar-refractivity contribution < 1.29 is 26.8 Å². The minimum Gasteiger partial charge on any atom is -0.451 e. The first-order valence-electron chi connectivity index (χ1n) is 7.28. The van der Waals surface area contributed by atoms with E-state index in [-0.39, 0.29) is 22.8 Å². The standard InChI is InChI=1S/C18H10ClF4NO2/c19-12-6-5-10(9-11(12)18(21,22)23)15-7-8-16(26-15)17(25)24-14-4-2-1-3-13(14)20/h1-9H,(H,24,25). The van der Waals surface area contributed by atoms with E-state index in [0.29, 0.717) is 0 Å². The van der Waals surface area contributed by atoms with Crippen LogP contribution in [0.4, 0.5) is 23.2 Å². The Kier molecular flexibility index (Phi) is 4.73. The number of alkyl halides is 3. The number of para-hydroxylation sites is 1. The monoisotopic (exact) mass is 383 g/mol. The van der Waals surface area contributed by atoms with Crippen LogP contribution in [0.15, 0.2) is 59.0 Å². The summed E-state index contributed by atoms with van der Waals surface area (Å²) in [6.45, 7) is 0. The summed E-state index contributed by atoms with van der Waals surface area (Å²) in [5, 5.41) is 1.89. The molecule has 0 atom stereocenters. The Labute approximate surface area is 150 Å². The van der Waals surface area contributed by atoms with E-state index in [1.165, 1.54) is 36.4 Å². The van der Waals surface area contributed by atoms with Crippen LogP contribution in [0.2, 0.25) is 5.02 Å². The normalized spacial score (nSPS) is 11.4. The van der Waals surface area contributed by atoms with Crippen molar-refractivity contribution in [1.29, 1.82) is 0 Å². The molecule has 0 unspecified atom stereocenters. The zero-order chi connectivity index (χ0) is 18.9. The minimum absolute atomic E-state index is 0.0405. The van der Waals surface area contributed by atoms with Gasteiger partial charge < -0.3 is 9.73 Å². The van der Waals surface area contributed by atoms with E-state index in [1.807, 2.05) is 0 Å². The lowest BCUT2D eigenvalue weighted by Crippen LogP contribution is -2.11. The fourth-order valence-electron chi connectivity index (χ4n) is 2.26. The molecular formula is C18H10ClF4NO2. The molecule has 0 saturated heterocycles. The van der Waals surface area contributed by atoms with Gasteiger partial charge in [0, 0.05) is 5.56 Å². The van der Waals surface area contributed by atoms with Crippen LogP contribution < -0.4 is 5.32 Å². The second-order valence-corrected chi connectivity index (χ2v) is 5.70. The third kappa shape index (κ3) is 3.72. The van der Waals surface area contributed by atoms with Crippen LogP contribution in [0.3, 0.4) is 0 Å². The molecule has 1 heterocycles. The lowest BCUT2D eigenvalue weighted by atomic mass is 10.1. The van der Waals surface area contributed by atoms with Crippen molar-refractivity contribution in [1.82, 2.24) is 0 Å². The zero-order valence-corrected chi connectivity index (χ0v) is 13.7. The summed E-state index contributed by atoms with van der Waals surface area (Å²) >= 11 is 5.58. The molecule has 0 spiro atoms. The molecule has 0 aliphatic heterocycles. The van der Waals surface area contributed by atoms with E-state index in [4.69, 9.17) is 16.0 Å². The number of carbonyl (C=O) groups excluding carboxylic acids is 1. The van der Waals surface area contributed by atoms with Gasteiger partial charge in [-0.15, -0.1) is 0 Å². The second kappa shape index (κ2) is 6.84. The van der Waals surface area contributed by atoms with Crippen molar-refractivity contribution in [3.8, 4) is 11.3 Å². The summed E-state index contributed by atoms with van der Waals surface area (Å²) < 4.78 is 57.7. The minimum atomic E-state index is -4.62. The van der Waals surface area contributed by atoms with Gasteiger partial charge in [0.2, 0.25) is 0 Å². The molecule has 0 bridgehead atoms. The third-order valence-corrected chi connectivity index (χ3v) is 3.84. The quantitative estimate of drug-likeness (QED) is 0.563. The van der Waals surface area contributed by atoms with E-state index >= 15 is 0 Å². The van der Waals surface area contributed by atoms with Crippen molar-refractivity contribution >= 4 is 23.2 Å². The number of hydrogen-bond acceptors (Lipinski definition) is 2. The molecule has 0 saturated carbocycles. The first kappa shape index (κ1) is 18.0. The summed E-state index contributed by atoms with van der Waals surface area (Å²) in [6.07, 6.45) is -4.62. The predicted molar refractivity (Wildman–Crippen MR) is 88.5 cm³/mol. The topological polar surface area (TPSA) is 42.2 Å². The molecule has 3 nitrogen and oxygen atoms in total. The summed E-state index contributed by atoms with van der Waals surface area (Å²) in [4.78, 5) is 12.1. The van der Waals surface area contributed by atoms with Gasteiger partial charge in [-0.3, -0.25) is 4.79 Å². The molecule has 134 valence electrons. The number of furan rings is 1. The van der Waals surface area contributed by atoms with Crippen molar-refractivity contribution in [2.24, 2.45) is 0 Å². The molecule has 0 radical (unpaired) electrons. The van der Waals surface area contributed by atoms with Crippen molar-refractivity contribution in [2.45, 2.75) is 6.18 Å². The highest BCUT2D eigenvalue weighted by molar-refractivity contribution is 6.31. The number of halogens is 5. The Morgan fingerprint density at radius 1 is 1.04 bits per heavy atom. The maximum atomic E-state index is 13.6. The molecule has 3 rings (SSSR count). The van der Waals surface area contributed by atoms with E-state index in [9.17, 15) is 22.4 Å². The smallest absolute Gasteiger partial charge is 0.417 e. The summed E-state index contributed by atoms with van der Waals surface area (Å²) in [5.41, 5.74) is -0.946. The number of nitrogens with one attached hydrogen (secondary N) is 1. The number of amides is 1. The van der Waals surface area contributed by atoms with Crippen LogP contribution in [-0.4, -0.2) is 5.91 Å². The largest absolute Gasteiger partial charge is 0.451 e. The van der Waals surface area contributed by atoms with Gasteiger partial charge in [-0.05, 0) is 42.5 Å². The van der Waals surface area contributed by atoms with E-state index in [0.717, 1.165) is 12.1 Å². The molecule has 26 heavy (non-hydrogen) atoms. The zero-order valence-electron chi connectivity index (χ0n) is 12.9. The maximum Gasteiger partial charge on any atom is 0.417 e. The lowest BCUT2D eigenvalue weighted by Gasteiger charge is -2.10. The number of benzene rings is 2. The molecule has 2 aromatic carbocycles. The van der Waals surface area contributed by atoms with Gasteiger partial charge >= 0.3 is 6.18 Å². The SMILES string of the molecule is O=C(Nc1ccccc1F)c1ccc(-c2ccc(Cl)c(C(F)(F)F)c2)o1. The van der Waals surface area contributed by atoms with Crippen LogP contribution in [0.5, 0.6) is 0 Å². The van der Waals surface area contributed by atoms with Gasteiger partial charge in [0.15, 0.2) is 5.76 Å². The van der Waals surface area contributed by atoms with Gasteiger partial charge in [-0.2, -0.15) is 13.2 Å². The van der Waals surface area contributed by atoms with E-state index < -0.39 is 28.5 Å². The Bertz CT molecular complexity index is 966. The molecule has 1 N–H and O–H groups in total. The number of carbonyl (C=O) groups is 1. The Morgan fingerprint density at radius 3 is 2.46 bits per heavy atom. The highest BCUT2D eigenvalue weighted by Crippen LogP contribution is 2.37. The molecule has 3 aromatic rings. The molecular weight excluding hydrogens is 374 g/mol. The Morgan fingerprint density at radius 2 is 1.77 bits per heavy atom. The Hall–Kier alpha value is -2.80. The van der Waals surface area contributed by atoms with Crippen molar-refractivity contribution in [2.75, 3.05) is 5.32 Å². The van der Waals surface area contributed by atoms with E-state index in [1.54, 1.807) is 6.07 Å². The van der Waals surface area contributed by atoms with Gasteiger partial charge in [0.1, 0.15) is 11.6 Å². The van der Waals surface area contributed by atoms with Gasteiger partial charge in [0.25, 0.3) is 5.91 Å². The molecule has 1 aromatic heterocycles.